The van der Waals surface area contributed by atoms with E-state index in [0.717, 1.165) is 29.1 Å². The van der Waals surface area contributed by atoms with Crippen LogP contribution in [0.2, 0.25) is 0 Å². The van der Waals surface area contributed by atoms with Gasteiger partial charge >= 0.3 is 0 Å². The Labute approximate surface area is 143 Å². The number of hydrogen-bond acceptors (Lipinski definition) is 4. The molecule has 0 bridgehead atoms. The van der Waals surface area contributed by atoms with Crippen molar-refractivity contribution in [2.24, 2.45) is 0 Å². The van der Waals surface area contributed by atoms with Gasteiger partial charge in [-0.3, -0.25) is 4.98 Å². The Hall–Kier alpha value is -1.49. The molecule has 1 aliphatic rings. The van der Waals surface area contributed by atoms with E-state index >= 15 is 0 Å². The lowest BCUT2D eigenvalue weighted by atomic mass is 10.1. The number of nitrogens with two attached hydrogens (primary N) is 1. The van der Waals surface area contributed by atoms with Gasteiger partial charge in [0.25, 0.3) is 0 Å². The van der Waals surface area contributed by atoms with Gasteiger partial charge in [-0.15, -0.1) is 24.8 Å². The van der Waals surface area contributed by atoms with Crippen LogP contribution in [0.5, 0.6) is 5.75 Å². The zero-order chi connectivity index (χ0) is 13.8. The van der Waals surface area contributed by atoms with E-state index in [9.17, 15) is 0 Å². The van der Waals surface area contributed by atoms with Gasteiger partial charge in [0.05, 0.1) is 6.20 Å². The fourth-order valence-electron chi connectivity index (χ4n) is 2.47. The number of pyridine rings is 1. The van der Waals surface area contributed by atoms with Crippen molar-refractivity contribution < 1.29 is 4.74 Å². The molecule has 0 saturated carbocycles. The van der Waals surface area contributed by atoms with E-state index in [4.69, 9.17) is 10.5 Å². The molecular formula is C16H21Cl2N3O. The maximum Gasteiger partial charge on any atom is 0.138 e. The van der Waals surface area contributed by atoms with Crippen molar-refractivity contribution in [3.8, 4) is 16.9 Å². The fourth-order valence-corrected chi connectivity index (χ4v) is 2.47. The molecule has 1 saturated heterocycles. The van der Waals surface area contributed by atoms with Crippen LogP contribution < -0.4 is 15.8 Å². The molecule has 0 unspecified atom stereocenters. The first kappa shape index (κ1) is 18.6. The minimum absolute atomic E-state index is 0. The smallest absolute Gasteiger partial charge is 0.138 e. The summed E-state index contributed by atoms with van der Waals surface area (Å²) in [5.74, 6) is 0.804. The standard InChI is InChI=1S/C16H19N3O.2ClH/c17-14-4-1-3-12(7-14)13-8-16(10-18-9-13)20-11-15-5-2-6-19-15;;/h1,3-4,7-10,15,19H,2,5-6,11,17H2;2*1H/t15-;;/m0../s1. The van der Waals surface area contributed by atoms with Crippen LogP contribution in [0, 0.1) is 0 Å². The van der Waals surface area contributed by atoms with Gasteiger partial charge in [0.1, 0.15) is 12.4 Å². The summed E-state index contributed by atoms with van der Waals surface area (Å²) >= 11 is 0. The summed E-state index contributed by atoms with van der Waals surface area (Å²) in [5, 5.41) is 3.42. The molecule has 2 aromatic rings. The Morgan fingerprint density at radius 3 is 2.77 bits per heavy atom. The zero-order valence-corrected chi connectivity index (χ0v) is 13.8. The van der Waals surface area contributed by atoms with Gasteiger partial charge in [-0.05, 0) is 43.1 Å². The molecule has 2 heterocycles. The van der Waals surface area contributed by atoms with Crippen molar-refractivity contribution in [3.05, 3.63) is 42.7 Å². The molecular weight excluding hydrogens is 321 g/mol. The first-order chi connectivity index (χ1) is 9.81. The van der Waals surface area contributed by atoms with Crippen LogP contribution in [0.3, 0.4) is 0 Å². The number of anilines is 1. The normalized spacial score (nSPS) is 16.5. The summed E-state index contributed by atoms with van der Waals surface area (Å²) < 4.78 is 5.83. The summed E-state index contributed by atoms with van der Waals surface area (Å²) in [5.41, 5.74) is 8.65. The predicted molar refractivity (Wildman–Crippen MR) is 95.1 cm³/mol. The maximum absolute atomic E-state index is 5.83. The summed E-state index contributed by atoms with van der Waals surface area (Å²) in [4.78, 5) is 4.25. The lowest BCUT2D eigenvalue weighted by Gasteiger charge is -2.12. The van der Waals surface area contributed by atoms with Crippen molar-refractivity contribution in [1.29, 1.82) is 0 Å². The molecule has 1 fully saturated rings. The monoisotopic (exact) mass is 341 g/mol. The van der Waals surface area contributed by atoms with Gasteiger partial charge in [-0.1, -0.05) is 12.1 Å². The third-order valence-electron chi connectivity index (χ3n) is 3.55. The Kier molecular flexibility index (Phi) is 7.45. The minimum Gasteiger partial charge on any atom is -0.490 e. The topological polar surface area (TPSA) is 60.2 Å². The fraction of sp³-hybridized carbons (Fsp3) is 0.312. The van der Waals surface area contributed by atoms with Crippen molar-refractivity contribution >= 4 is 30.5 Å². The summed E-state index contributed by atoms with van der Waals surface area (Å²) in [6.07, 6.45) is 6.00. The van der Waals surface area contributed by atoms with Crippen LogP contribution in [0.1, 0.15) is 12.8 Å². The van der Waals surface area contributed by atoms with E-state index in [1.807, 2.05) is 36.5 Å². The van der Waals surface area contributed by atoms with Gasteiger partial charge in [-0.2, -0.15) is 0 Å². The molecule has 4 nitrogen and oxygen atoms in total. The minimum atomic E-state index is 0. The van der Waals surface area contributed by atoms with Crippen molar-refractivity contribution in [1.82, 2.24) is 10.3 Å². The zero-order valence-electron chi connectivity index (χ0n) is 12.2. The quantitative estimate of drug-likeness (QED) is 0.837. The largest absolute Gasteiger partial charge is 0.490 e. The lowest BCUT2D eigenvalue weighted by molar-refractivity contribution is 0.276. The predicted octanol–water partition coefficient (Wildman–Crippen LogP) is 3.31. The van der Waals surface area contributed by atoms with Gasteiger partial charge in [0, 0.05) is 23.5 Å². The van der Waals surface area contributed by atoms with Crippen molar-refractivity contribution in [3.63, 3.8) is 0 Å². The molecule has 3 rings (SSSR count). The van der Waals surface area contributed by atoms with E-state index in [1.165, 1.54) is 12.8 Å². The Balaban J connectivity index is 0.00000121. The Morgan fingerprint density at radius 1 is 1.18 bits per heavy atom. The summed E-state index contributed by atoms with van der Waals surface area (Å²) in [6.45, 7) is 1.79. The Bertz CT molecular complexity index is 589. The number of benzene rings is 1. The van der Waals surface area contributed by atoms with Crippen molar-refractivity contribution in [2.75, 3.05) is 18.9 Å². The first-order valence-corrected chi connectivity index (χ1v) is 6.98. The van der Waals surface area contributed by atoms with E-state index in [2.05, 4.69) is 10.3 Å². The molecule has 1 atom stereocenters. The second-order valence-corrected chi connectivity index (χ2v) is 5.14. The second kappa shape index (κ2) is 8.83. The molecule has 6 heteroatoms. The Morgan fingerprint density at radius 2 is 2.05 bits per heavy atom. The summed E-state index contributed by atoms with van der Waals surface area (Å²) in [7, 11) is 0. The number of aromatic nitrogens is 1. The van der Waals surface area contributed by atoms with E-state index in [1.54, 1.807) is 6.20 Å². The molecule has 1 aliphatic heterocycles. The highest BCUT2D eigenvalue weighted by molar-refractivity contribution is 5.85. The van der Waals surface area contributed by atoms with Crippen molar-refractivity contribution in [2.45, 2.75) is 18.9 Å². The molecule has 0 radical (unpaired) electrons. The molecule has 1 aromatic carbocycles. The van der Waals surface area contributed by atoms with E-state index in [0.29, 0.717) is 12.6 Å². The highest BCUT2D eigenvalue weighted by Gasteiger charge is 2.14. The molecule has 3 N–H and O–H groups in total. The maximum atomic E-state index is 5.83. The van der Waals surface area contributed by atoms with Gasteiger partial charge < -0.3 is 15.8 Å². The number of halogens is 2. The van der Waals surface area contributed by atoms with Gasteiger partial charge in [0.2, 0.25) is 0 Å². The first-order valence-electron chi connectivity index (χ1n) is 6.98. The average molecular weight is 342 g/mol. The van der Waals surface area contributed by atoms with Gasteiger partial charge in [-0.25, -0.2) is 0 Å². The third-order valence-corrected chi connectivity index (χ3v) is 3.55. The van der Waals surface area contributed by atoms with Crippen LogP contribution >= 0.6 is 24.8 Å². The van der Waals surface area contributed by atoms with Crippen LogP contribution in [0.4, 0.5) is 5.69 Å². The second-order valence-electron chi connectivity index (χ2n) is 5.14. The SMILES string of the molecule is Cl.Cl.Nc1cccc(-c2cncc(OC[C@@H]3CCCN3)c2)c1. The summed E-state index contributed by atoms with van der Waals surface area (Å²) in [6, 6.07) is 10.3. The molecule has 0 spiro atoms. The number of hydrogen-bond donors (Lipinski definition) is 2. The lowest BCUT2D eigenvalue weighted by Crippen LogP contribution is -2.28. The number of nitrogens with zero attached hydrogens (tertiary/aromatic N) is 1. The highest BCUT2D eigenvalue weighted by Crippen LogP contribution is 2.24. The number of nitrogen functional groups attached to an aromatic ring is 1. The molecule has 120 valence electrons. The molecule has 0 amide bonds. The van der Waals surface area contributed by atoms with E-state index < -0.39 is 0 Å². The van der Waals surface area contributed by atoms with E-state index in [-0.39, 0.29) is 24.8 Å². The van der Waals surface area contributed by atoms with Crippen LogP contribution in [0.15, 0.2) is 42.7 Å². The van der Waals surface area contributed by atoms with Crippen LogP contribution in [0.25, 0.3) is 11.1 Å². The van der Waals surface area contributed by atoms with Crippen LogP contribution in [-0.4, -0.2) is 24.2 Å². The number of ether oxygens (including phenoxy) is 1. The molecule has 1 aromatic heterocycles. The number of rotatable bonds is 4. The molecule has 0 aliphatic carbocycles. The van der Waals surface area contributed by atoms with Crippen LogP contribution in [-0.2, 0) is 0 Å². The van der Waals surface area contributed by atoms with Gasteiger partial charge in [0.15, 0.2) is 0 Å². The molecule has 22 heavy (non-hydrogen) atoms. The third kappa shape index (κ3) is 4.77. The highest BCUT2D eigenvalue weighted by atomic mass is 35.5. The number of nitrogens with one attached hydrogen (secondary N) is 1. The average Bonchev–Trinajstić information content (AvgIpc) is 2.99.